The van der Waals surface area contributed by atoms with Gasteiger partial charge in [-0.15, -0.1) is 0 Å². The summed E-state index contributed by atoms with van der Waals surface area (Å²) < 4.78 is 0. The lowest BCUT2D eigenvalue weighted by atomic mass is 10.1. The van der Waals surface area contributed by atoms with E-state index in [-0.39, 0.29) is 17.6 Å². The molecule has 0 atom stereocenters. The van der Waals surface area contributed by atoms with E-state index in [4.69, 9.17) is 0 Å². The summed E-state index contributed by atoms with van der Waals surface area (Å²) in [6, 6.07) is 3.65. The molecule has 3 heteroatoms. The Morgan fingerprint density at radius 1 is 1.40 bits per heavy atom. The average Bonchev–Trinajstić information content (AvgIpc) is 3.02. The lowest BCUT2D eigenvalue weighted by molar-refractivity contribution is -0.117. The summed E-state index contributed by atoms with van der Waals surface area (Å²) in [5, 5.41) is 12.5. The van der Waals surface area contributed by atoms with Crippen LogP contribution in [0.25, 0.3) is 0 Å². The molecular formula is C12H15NO2. The molecule has 1 aliphatic carbocycles. The molecule has 1 saturated carbocycles. The fourth-order valence-corrected chi connectivity index (χ4v) is 1.55. The maximum atomic E-state index is 11.5. The van der Waals surface area contributed by atoms with Crippen LogP contribution in [0.2, 0.25) is 0 Å². The van der Waals surface area contributed by atoms with E-state index in [9.17, 15) is 9.90 Å². The molecule has 0 spiro atoms. The molecule has 1 aliphatic rings. The lowest BCUT2D eigenvalue weighted by Crippen LogP contribution is -2.14. The number of amides is 1. The number of benzene rings is 1. The number of aryl methyl sites for hydroxylation is 1. The standard InChI is InChI=1S/C12H15NO2/c1-7-3-6-10(8(2)11(7)14)13-12(15)9-4-5-9/h3,6,9,14H,4-5H2,1-2H3,(H,13,15). The van der Waals surface area contributed by atoms with Crippen LogP contribution in [0.15, 0.2) is 12.1 Å². The minimum absolute atomic E-state index is 0.0707. The Balaban J connectivity index is 2.21. The number of hydrogen-bond acceptors (Lipinski definition) is 2. The van der Waals surface area contributed by atoms with Crippen molar-refractivity contribution in [2.24, 2.45) is 5.92 Å². The number of phenols is 1. The normalized spacial score (nSPS) is 15.1. The predicted octanol–water partition coefficient (Wildman–Crippen LogP) is 2.36. The Kier molecular flexibility index (Phi) is 2.39. The van der Waals surface area contributed by atoms with Crippen LogP contribution in [0.5, 0.6) is 5.75 Å². The van der Waals surface area contributed by atoms with Crippen molar-refractivity contribution in [2.75, 3.05) is 5.32 Å². The molecule has 0 saturated heterocycles. The Labute approximate surface area is 89.1 Å². The Morgan fingerprint density at radius 2 is 2.07 bits per heavy atom. The quantitative estimate of drug-likeness (QED) is 0.778. The van der Waals surface area contributed by atoms with Gasteiger partial charge in [-0.05, 0) is 38.3 Å². The number of anilines is 1. The molecule has 1 amide bonds. The zero-order valence-electron chi connectivity index (χ0n) is 9.00. The Bertz CT molecular complexity index is 408. The molecule has 1 fully saturated rings. The van der Waals surface area contributed by atoms with Crippen LogP contribution in [-0.4, -0.2) is 11.0 Å². The van der Waals surface area contributed by atoms with E-state index in [0.717, 1.165) is 29.7 Å². The molecule has 2 rings (SSSR count). The summed E-state index contributed by atoms with van der Waals surface area (Å²) in [4.78, 5) is 11.5. The van der Waals surface area contributed by atoms with E-state index in [0.29, 0.717) is 0 Å². The van der Waals surface area contributed by atoms with Crippen molar-refractivity contribution in [3.63, 3.8) is 0 Å². The average molecular weight is 205 g/mol. The molecule has 0 radical (unpaired) electrons. The number of carbonyl (C=O) groups is 1. The lowest BCUT2D eigenvalue weighted by Gasteiger charge is -2.10. The number of hydrogen-bond donors (Lipinski definition) is 2. The third kappa shape index (κ3) is 1.96. The molecule has 0 heterocycles. The van der Waals surface area contributed by atoms with Gasteiger partial charge in [0.05, 0.1) is 0 Å². The summed E-state index contributed by atoms with van der Waals surface area (Å²) in [5.41, 5.74) is 2.29. The van der Waals surface area contributed by atoms with E-state index in [2.05, 4.69) is 5.32 Å². The van der Waals surface area contributed by atoms with Crippen molar-refractivity contribution in [3.05, 3.63) is 23.3 Å². The van der Waals surface area contributed by atoms with Gasteiger partial charge in [0, 0.05) is 17.2 Å². The summed E-state index contributed by atoms with van der Waals surface area (Å²) in [6.07, 6.45) is 1.98. The van der Waals surface area contributed by atoms with Gasteiger partial charge in [0.2, 0.25) is 5.91 Å². The van der Waals surface area contributed by atoms with Gasteiger partial charge in [-0.1, -0.05) is 6.07 Å². The van der Waals surface area contributed by atoms with Crippen molar-refractivity contribution in [1.82, 2.24) is 0 Å². The summed E-state index contributed by atoms with van der Waals surface area (Å²) >= 11 is 0. The second-order valence-electron chi connectivity index (χ2n) is 4.17. The monoisotopic (exact) mass is 205 g/mol. The smallest absolute Gasteiger partial charge is 0.227 e. The third-order valence-electron chi connectivity index (χ3n) is 2.84. The highest BCUT2D eigenvalue weighted by molar-refractivity contribution is 5.95. The summed E-state index contributed by atoms with van der Waals surface area (Å²) in [6.45, 7) is 3.65. The molecule has 0 aliphatic heterocycles. The molecule has 15 heavy (non-hydrogen) atoms. The molecule has 80 valence electrons. The summed E-state index contributed by atoms with van der Waals surface area (Å²) in [5.74, 6) is 0.526. The first kappa shape index (κ1) is 10.0. The highest BCUT2D eigenvalue weighted by Gasteiger charge is 2.29. The van der Waals surface area contributed by atoms with Crippen molar-refractivity contribution >= 4 is 11.6 Å². The zero-order chi connectivity index (χ0) is 11.0. The van der Waals surface area contributed by atoms with Crippen LogP contribution in [0.3, 0.4) is 0 Å². The number of aromatic hydroxyl groups is 1. The van der Waals surface area contributed by atoms with Crippen molar-refractivity contribution in [2.45, 2.75) is 26.7 Å². The maximum Gasteiger partial charge on any atom is 0.227 e. The third-order valence-corrected chi connectivity index (χ3v) is 2.84. The van der Waals surface area contributed by atoms with E-state index in [1.54, 1.807) is 0 Å². The molecular weight excluding hydrogens is 190 g/mol. The predicted molar refractivity (Wildman–Crippen MR) is 58.9 cm³/mol. The minimum atomic E-state index is 0.0707. The molecule has 2 N–H and O–H groups in total. The van der Waals surface area contributed by atoms with Gasteiger partial charge in [-0.3, -0.25) is 4.79 Å². The Hall–Kier alpha value is -1.51. The van der Waals surface area contributed by atoms with Gasteiger partial charge in [0.1, 0.15) is 5.75 Å². The fraction of sp³-hybridized carbons (Fsp3) is 0.417. The van der Waals surface area contributed by atoms with Crippen LogP contribution in [0, 0.1) is 19.8 Å². The molecule has 0 bridgehead atoms. The van der Waals surface area contributed by atoms with Crippen LogP contribution < -0.4 is 5.32 Å². The molecule has 0 unspecified atom stereocenters. The first-order valence-corrected chi connectivity index (χ1v) is 5.19. The largest absolute Gasteiger partial charge is 0.507 e. The van der Waals surface area contributed by atoms with Crippen molar-refractivity contribution in [3.8, 4) is 5.75 Å². The SMILES string of the molecule is Cc1ccc(NC(=O)C2CC2)c(C)c1O. The first-order chi connectivity index (χ1) is 7.09. The van der Waals surface area contributed by atoms with Gasteiger partial charge in [0.25, 0.3) is 0 Å². The highest BCUT2D eigenvalue weighted by atomic mass is 16.3. The molecule has 1 aromatic carbocycles. The Morgan fingerprint density at radius 3 is 2.67 bits per heavy atom. The first-order valence-electron chi connectivity index (χ1n) is 5.19. The van der Waals surface area contributed by atoms with Crippen LogP contribution >= 0.6 is 0 Å². The van der Waals surface area contributed by atoms with Gasteiger partial charge in [-0.25, -0.2) is 0 Å². The van der Waals surface area contributed by atoms with E-state index < -0.39 is 0 Å². The topological polar surface area (TPSA) is 49.3 Å². The van der Waals surface area contributed by atoms with Gasteiger partial charge >= 0.3 is 0 Å². The fourth-order valence-electron chi connectivity index (χ4n) is 1.55. The molecule has 0 aromatic heterocycles. The second kappa shape index (κ2) is 3.57. The number of rotatable bonds is 2. The van der Waals surface area contributed by atoms with Gasteiger partial charge < -0.3 is 10.4 Å². The molecule has 3 nitrogen and oxygen atoms in total. The maximum absolute atomic E-state index is 11.5. The highest BCUT2D eigenvalue weighted by Crippen LogP contribution is 2.32. The zero-order valence-corrected chi connectivity index (χ0v) is 9.00. The van der Waals surface area contributed by atoms with E-state index in [1.807, 2.05) is 26.0 Å². The number of carbonyl (C=O) groups excluding carboxylic acids is 1. The van der Waals surface area contributed by atoms with E-state index in [1.165, 1.54) is 0 Å². The van der Waals surface area contributed by atoms with Crippen LogP contribution in [0.1, 0.15) is 24.0 Å². The van der Waals surface area contributed by atoms with Crippen LogP contribution in [0.4, 0.5) is 5.69 Å². The van der Waals surface area contributed by atoms with Gasteiger partial charge in [0.15, 0.2) is 0 Å². The van der Waals surface area contributed by atoms with Gasteiger partial charge in [-0.2, -0.15) is 0 Å². The number of nitrogens with one attached hydrogen (secondary N) is 1. The van der Waals surface area contributed by atoms with Crippen LogP contribution in [-0.2, 0) is 4.79 Å². The second-order valence-corrected chi connectivity index (χ2v) is 4.17. The van der Waals surface area contributed by atoms with E-state index >= 15 is 0 Å². The number of phenolic OH excluding ortho intramolecular Hbond substituents is 1. The van der Waals surface area contributed by atoms with Crippen molar-refractivity contribution < 1.29 is 9.90 Å². The van der Waals surface area contributed by atoms with Crippen molar-refractivity contribution in [1.29, 1.82) is 0 Å². The summed E-state index contributed by atoms with van der Waals surface area (Å²) in [7, 11) is 0. The minimum Gasteiger partial charge on any atom is -0.507 e. The molecule has 1 aromatic rings.